The molecule has 2 aromatic rings. The molecule has 2 nitrogen and oxygen atoms in total. The van der Waals surface area contributed by atoms with Gasteiger partial charge in [0.1, 0.15) is 11.3 Å². The van der Waals surface area contributed by atoms with Crippen LogP contribution >= 0.6 is 11.8 Å². The van der Waals surface area contributed by atoms with E-state index in [1.54, 1.807) is 0 Å². The Balaban J connectivity index is 1.92. The van der Waals surface area contributed by atoms with Crippen LogP contribution in [0.1, 0.15) is 31.6 Å². The molecule has 0 spiro atoms. The first-order chi connectivity index (χ1) is 8.88. The smallest absolute Gasteiger partial charge is 0.134 e. The van der Waals surface area contributed by atoms with Gasteiger partial charge in [0, 0.05) is 10.6 Å². The van der Waals surface area contributed by atoms with Gasteiger partial charge in [0.2, 0.25) is 0 Å². The van der Waals surface area contributed by atoms with E-state index in [4.69, 9.17) is 4.42 Å². The monoisotopic (exact) mass is 261 g/mol. The second kappa shape index (κ2) is 5.37. The molecule has 1 aromatic carbocycles. The summed E-state index contributed by atoms with van der Waals surface area (Å²) in [7, 11) is 0. The van der Waals surface area contributed by atoms with Crippen molar-refractivity contribution in [1.29, 1.82) is 0 Å². The van der Waals surface area contributed by atoms with Gasteiger partial charge in [0.05, 0.1) is 6.04 Å². The number of furan rings is 1. The summed E-state index contributed by atoms with van der Waals surface area (Å²) in [5.41, 5.74) is 0.999. The summed E-state index contributed by atoms with van der Waals surface area (Å²) in [5.74, 6) is 2.38. The second-order valence-corrected chi connectivity index (χ2v) is 6.12. The van der Waals surface area contributed by atoms with Crippen LogP contribution in [0, 0.1) is 0 Å². The van der Waals surface area contributed by atoms with Gasteiger partial charge in [-0.2, -0.15) is 11.8 Å². The normalized spacial score (nSPS) is 21.5. The molecule has 3 heteroatoms. The van der Waals surface area contributed by atoms with Crippen molar-refractivity contribution in [2.45, 2.75) is 31.1 Å². The van der Waals surface area contributed by atoms with Crippen molar-refractivity contribution in [2.24, 2.45) is 0 Å². The summed E-state index contributed by atoms with van der Waals surface area (Å²) in [4.78, 5) is 0. The minimum atomic E-state index is 0.356. The lowest BCUT2D eigenvalue weighted by atomic mass is 10.1. The van der Waals surface area contributed by atoms with Gasteiger partial charge in [0.15, 0.2) is 0 Å². The Kier molecular flexibility index (Phi) is 3.62. The van der Waals surface area contributed by atoms with Gasteiger partial charge in [-0.05, 0) is 37.3 Å². The molecule has 0 saturated carbocycles. The van der Waals surface area contributed by atoms with E-state index in [1.165, 1.54) is 24.0 Å². The summed E-state index contributed by atoms with van der Waals surface area (Å²) < 4.78 is 6.02. The van der Waals surface area contributed by atoms with Crippen LogP contribution in [-0.2, 0) is 0 Å². The lowest BCUT2D eigenvalue weighted by Crippen LogP contribution is -2.28. The van der Waals surface area contributed by atoms with Gasteiger partial charge in [-0.1, -0.05) is 25.1 Å². The van der Waals surface area contributed by atoms with Gasteiger partial charge in [-0.15, -0.1) is 0 Å². The van der Waals surface area contributed by atoms with Crippen molar-refractivity contribution in [3.63, 3.8) is 0 Å². The number of para-hydroxylation sites is 1. The molecule has 1 aromatic heterocycles. The molecule has 1 aliphatic heterocycles. The van der Waals surface area contributed by atoms with Gasteiger partial charge >= 0.3 is 0 Å². The minimum absolute atomic E-state index is 0.356. The van der Waals surface area contributed by atoms with Crippen molar-refractivity contribution in [2.75, 3.05) is 12.3 Å². The van der Waals surface area contributed by atoms with Crippen molar-refractivity contribution >= 4 is 22.7 Å². The largest absolute Gasteiger partial charge is 0.459 e. The van der Waals surface area contributed by atoms with Crippen LogP contribution in [-0.4, -0.2) is 17.5 Å². The Hall–Kier alpha value is -0.930. The predicted octanol–water partition coefficient (Wildman–Crippen LogP) is 3.98. The van der Waals surface area contributed by atoms with E-state index in [9.17, 15) is 0 Å². The Morgan fingerprint density at radius 3 is 3.06 bits per heavy atom. The van der Waals surface area contributed by atoms with Crippen LogP contribution in [0.25, 0.3) is 11.0 Å². The maximum absolute atomic E-state index is 6.02. The van der Waals surface area contributed by atoms with Gasteiger partial charge in [-0.3, -0.25) is 0 Å². The van der Waals surface area contributed by atoms with Crippen molar-refractivity contribution < 1.29 is 4.42 Å². The molecule has 2 unspecified atom stereocenters. The summed E-state index contributed by atoms with van der Waals surface area (Å²) in [6.07, 6.45) is 2.62. The standard InChI is InChI=1S/C15H19NOS/c1-2-16-15(14-8-5-9-18-14)13-10-11-6-3-4-7-12(11)17-13/h3-4,6-7,10,14-16H,2,5,8-9H2,1H3. The highest BCUT2D eigenvalue weighted by Gasteiger charge is 2.28. The highest BCUT2D eigenvalue weighted by atomic mass is 32.2. The van der Waals surface area contributed by atoms with Crippen molar-refractivity contribution in [3.8, 4) is 0 Å². The van der Waals surface area contributed by atoms with E-state index in [2.05, 4.69) is 42.2 Å². The Morgan fingerprint density at radius 1 is 1.44 bits per heavy atom. The lowest BCUT2D eigenvalue weighted by molar-refractivity contribution is 0.422. The molecule has 96 valence electrons. The first kappa shape index (κ1) is 12.1. The third-order valence-corrected chi connectivity index (χ3v) is 4.97. The van der Waals surface area contributed by atoms with Gasteiger partial charge in [0.25, 0.3) is 0 Å². The fourth-order valence-electron chi connectivity index (χ4n) is 2.66. The molecule has 1 N–H and O–H groups in total. The van der Waals surface area contributed by atoms with E-state index < -0.39 is 0 Å². The zero-order valence-corrected chi connectivity index (χ0v) is 11.5. The number of benzene rings is 1. The SMILES string of the molecule is CCNC(c1cc2ccccc2o1)C1CCCS1. The molecular formula is C15H19NOS. The predicted molar refractivity (Wildman–Crippen MR) is 78.1 cm³/mol. The Bertz CT molecular complexity index is 483. The molecule has 0 bridgehead atoms. The summed E-state index contributed by atoms with van der Waals surface area (Å²) in [6, 6.07) is 10.8. The average molecular weight is 261 g/mol. The number of rotatable bonds is 4. The van der Waals surface area contributed by atoms with Gasteiger partial charge in [-0.25, -0.2) is 0 Å². The molecule has 0 radical (unpaired) electrons. The second-order valence-electron chi connectivity index (χ2n) is 4.77. The lowest BCUT2D eigenvalue weighted by Gasteiger charge is -2.21. The molecule has 2 atom stereocenters. The van der Waals surface area contributed by atoms with E-state index in [0.717, 1.165) is 17.9 Å². The highest BCUT2D eigenvalue weighted by molar-refractivity contribution is 8.00. The van der Waals surface area contributed by atoms with E-state index in [0.29, 0.717) is 11.3 Å². The quantitative estimate of drug-likeness (QED) is 0.901. The molecular weight excluding hydrogens is 242 g/mol. The average Bonchev–Trinajstić information content (AvgIpc) is 3.04. The molecule has 1 fully saturated rings. The van der Waals surface area contributed by atoms with E-state index >= 15 is 0 Å². The number of fused-ring (bicyclic) bond motifs is 1. The first-order valence-electron chi connectivity index (χ1n) is 6.72. The summed E-state index contributed by atoms with van der Waals surface area (Å²) in [5, 5.41) is 5.45. The minimum Gasteiger partial charge on any atom is -0.459 e. The molecule has 2 heterocycles. The van der Waals surface area contributed by atoms with Crippen molar-refractivity contribution in [3.05, 3.63) is 36.1 Å². The van der Waals surface area contributed by atoms with E-state index in [1.807, 2.05) is 12.1 Å². The number of thioether (sulfide) groups is 1. The van der Waals surface area contributed by atoms with Crippen LogP contribution in [0.3, 0.4) is 0 Å². The maximum Gasteiger partial charge on any atom is 0.134 e. The van der Waals surface area contributed by atoms with Crippen LogP contribution in [0.4, 0.5) is 0 Å². The molecule has 1 saturated heterocycles. The molecule has 0 aliphatic carbocycles. The highest BCUT2D eigenvalue weighted by Crippen LogP contribution is 2.37. The third-order valence-electron chi connectivity index (χ3n) is 3.51. The molecule has 18 heavy (non-hydrogen) atoms. The molecule has 1 aliphatic rings. The number of hydrogen-bond donors (Lipinski definition) is 1. The third kappa shape index (κ3) is 2.29. The van der Waals surface area contributed by atoms with Crippen molar-refractivity contribution in [1.82, 2.24) is 5.32 Å². The molecule has 0 amide bonds. The maximum atomic E-state index is 6.02. The zero-order chi connectivity index (χ0) is 12.4. The van der Waals surface area contributed by atoms with Crippen LogP contribution in [0.5, 0.6) is 0 Å². The van der Waals surface area contributed by atoms with Crippen LogP contribution in [0.2, 0.25) is 0 Å². The summed E-state index contributed by atoms with van der Waals surface area (Å²) in [6.45, 7) is 3.15. The fraction of sp³-hybridized carbons (Fsp3) is 0.467. The van der Waals surface area contributed by atoms with Crippen LogP contribution in [0.15, 0.2) is 34.7 Å². The van der Waals surface area contributed by atoms with Crippen LogP contribution < -0.4 is 5.32 Å². The Morgan fingerprint density at radius 2 is 2.33 bits per heavy atom. The fourth-order valence-corrected chi connectivity index (χ4v) is 4.05. The Labute approximate surface area is 112 Å². The number of hydrogen-bond acceptors (Lipinski definition) is 3. The number of nitrogens with one attached hydrogen (secondary N) is 1. The zero-order valence-electron chi connectivity index (χ0n) is 10.7. The molecule has 3 rings (SSSR count). The van der Waals surface area contributed by atoms with E-state index in [-0.39, 0.29) is 0 Å². The summed E-state index contributed by atoms with van der Waals surface area (Å²) >= 11 is 2.07. The topological polar surface area (TPSA) is 25.2 Å². The first-order valence-corrected chi connectivity index (χ1v) is 7.77. The van der Waals surface area contributed by atoms with Gasteiger partial charge < -0.3 is 9.73 Å².